The van der Waals surface area contributed by atoms with Gasteiger partial charge in [-0.1, -0.05) is 53.5 Å². The van der Waals surface area contributed by atoms with E-state index in [1.54, 1.807) is 0 Å². The largest absolute Gasteiger partial charge is 0.340 e. The Morgan fingerprint density at radius 2 is 1.68 bits per heavy atom. The molecule has 0 spiro atoms. The Bertz CT molecular complexity index is 1300. The Morgan fingerprint density at radius 1 is 0.968 bits per heavy atom. The first-order valence-electron chi connectivity index (χ1n) is 10.3. The predicted octanol–water partition coefficient (Wildman–Crippen LogP) is 4.47. The van der Waals surface area contributed by atoms with Gasteiger partial charge < -0.3 is 10.6 Å². The van der Waals surface area contributed by atoms with E-state index in [0.717, 1.165) is 47.1 Å². The molecule has 8 heteroatoms. The maximum absolute atomic E-state index is 6.58. The number of benzene rings is 2. The van der Waals surface area contributed by atoms with Crippen molar-refractivity contribution in [3.63, 3.8) is 0 Å². The molecule has 2 aliphatic rings. The maximum atomic E-state index is 6.58. The second-order valence-corrected chi connectivity index (χ2v) is 9.17. The van der Waals surface area contributed by atoms with Gasteiger partial charge in [-0.25, -0.2) is 4.98 Å². The molecule has 156 valence electrons. The van der Waals surface area contributed by atoms with Crippen molar-refractivity contribution < 1.29 is 0 Å². The summed E-state index contributed by atoms with van der Waals surface area (Å²) in [6.07, 6.45) is 0. The van der Waals surface area contributed by atoms with Crippen LogP contribution in [0.3, 0.4) is 0 Å². The van der Waals surface area contributed by atoms with Gasteiger partial charge in [-0.15, -0.1) is 0 Å². The number of aryl methyl sites for hydroxylation is 1. The van der Waals surface area contributed by atoms with E-state index in [-0.39, 0.29) is 0 Å². The molecule has 6 nitrogen and oxygen atoms in total. The molecular formula is C23H20Cl2N6. The zero-order chi connectivity index (χ0) is 21.3. The molecule has 2 N–H and O–H groups in total. The van der Waals surface area contributed by atoms with Crippen molar-refractivity contribution >= 4 is 34.8 Å². The van der Waals surface area contributed by atoms with E-state index in [4.69, 9.17) is 44.0 Å². The molecule has 2 fully saturated rings. The fourth-order valence-corrected chi connectivity index (χ4v) is 5.04. The lowest BCUT2D eigenvalue weighted by molar-refractivity contribution is 0.701. The van der Waals surface area contributed by atoms with Gasteiger partial charge in [0.15, 0.2) is 5.65 Å². The Labute approximate surface area is 189 Å². The van der Waals surface area contributed by atoms with Crippen LogP contribution in [0.2, 0.25) is 10.0 Å². The third-order valence-electron chi connectivity index (χ3n) is 6.38. The van der Waals surface area contributed by atoms with Crippen molar-refractivity contribution in [1.29, 1.82) is 0 Å². The molecular weight excluding hydrogens is 431 g/mol. The van der Waals surface area contributed by atoms with Crippen LogP contribution in [0.15, 0.2) is 48.5 Å². The lowest BCUT2D eigenvalue weighted by atomic mass is 10.0. The van der Waals surface area contributed by atoms with Crippen LogP contribution in [0, 0.1) is 18.8 Å². The molecule has 1 aliphatic carbocycles. The highest BCUT2D eigenvalue weighted by Crippen LogP contribution is 2.45. The average molecular weight is 451 g/mol. The first-order chi connectivity index (χ1) is 15.0. The number of aromatic nitrogens is 4. The molecule has 2 aromatic heterocycles. The monoisotopic (exact) mass is 450 g/mol. The van der Waals surface area contributed by atoms with Crippen LogP contribution in [-0.2, 0) is 0 Å². The normalized spacial score (nSPS) is 22.2. The molecule has 4 aromatic rings. The first kappa shape index (κ1) is 19.0. The zero-order valence-electron chi connectivity index (χ0n) is 16.8. The SMILES string of the molecule is Cc1nc(N2CC3C(N)C3C2)n2nc(-c3ccccc3Cl)c(-c3ccc(Cl)cc3)c2n1. The molecule has 6 rings (SSSR count). The second kappa shape index (κ2) is 6.92. The van der Waals surface area contributed by atoms with Crippen molar-refractivity contribution in [2.45, 2.75) is 13.0 Å². The van der Waals surface area contributed by atoms with Gasteiger partial charge in [-0.3, -0.25) is 0 Å². The molecule has 3 heterocycles. The molecule has 2 aromatic carbocycles. The topological polar surface area (TPSA) is 72.3 Å². The number of rotatable bonds is 3. The molecule has 1 saturated heterocycles. The van der Waals surface area contributed by atoms with E-state index in [1.165, 1.54) is 0 Å². The van der Waals surface area contributed by atoms with Crippen molar-refractivity contribution in [2.24, 2.45) is 17.6 Å². The highest BCUT2D eigenvalue weighted by molar-refractivity contribution is 6.33. The maximum Gasteiger partial charge on any atom is 0.230 e. The summed E-state index contributed by atoms with van der Waals surface area (Å²) in [5, 5.41) is 6.31. The number of hydrogen-bond donors (Lipinski definition) is 1. The van der Waals surface area contributed by atoms with E-state index >= 15 is 0 Å². The Balaban J connectivity index is 1.61. The fourth-order valence-electron chi connectivity index (χ4n) is 4.69. The van der Waals surface area contributed by atoms with Gasteiger partial charge in [0, 0.05) is 29.7 Å². The van der Waals surface area contributed by atoms with E-state index in [1.807, 2.05) is 60.0 Å². The van der Waals surface area contributed by atoms with Crippen LogP contribution < -0.4 is 10.6 Å². The smallest absolute Gasteiger partial charge is 0.230 e. The van der Waals surface area contributed by atoms with E-state index < -0.39 is 0 Å². The minimum Gasteiger partial charge on any atom is -0.340 e. The van der Waals surface area contributed by atoms with Crippen molar-refractivity contribution in [2.75, 3.05) is 18.0 Å². The summed E-state index contributed by atoms with van der Waals surface area (Å²) in [7, 11) is 0. The number of halogens is 2. The molecule has 1 saturated carbocycles. The summed E-state index contributed by atoms with van der Waals surface area (Å²) in [4.78, 5) is 11.8. The second-order valence-electron chi connectivity index (χ2n) is 8.33. The lowest BCUT2D eigenvalue weighted by Gasteiger charge is -2.20. The molecule has 0 bridgehead atoms. The molecule has 2 atom stereocenters. The third kappa shape index (κ3) is 3.01. The highest BCUT2D eigenvalue weighted by atomic mass is 35.5. The summed E-state index contributed by atoms with van der Waals surface area (Å²) >= 11 is 12.7. The number of piperidine rings is 1. The molecule has 2 unspecified atom stereocenters. The van der Waals surface area contributed by atoms with Crippen LogP contribution in [0.4, 0.5) is 5.95 Å². The number of anilines is 1. The van der Waals surface area contributed by atoms with Crippen molar-refractivity contribution in [3.8, 4) is 22.4 Å². The quantitative estimate of drug-likeness (QED) is 0.498. The molecule has 0 radical (unpaired) electrons. The molecule has 31 heavy (non-hydrogen) atoms. The predicted molar refractivity (Wildman–Crippen MR) is 124 cm³/mol. The molecule has 0 amide bonds. The highest BCUT2D eigenvalue weighted by Gasteiger charge is 2.54. The van der Waals surface area contributed by atoms with Crippen molar-refractivity contribution in [3.05, 3.63) is 64.4 Å². The van der Waals surface area contributed by atoms with Gasteiger partial charge in [0.25, 0.3) is 0 Å². The zero-order valence-corrected chi connectivity index (χ0v) is 18.3. The van der Waals surface area contributed by atoms with E-state index in [9.17, 15) is 0 Å². The summed E-state index contributed by atoms with van der Waals surface area (Å²) in [5.41, 5.74) is 10.4. The van der Waals surface area contributed by atoms with Gasteiger partial charge in [0.2, 0.25) is 5.95 Å². The summed E-state index contributed by atoms with van der Waals surface area (Å²) in [6, 6.07) is 15.8. The minimum atomic E-state index is 0.315. The van der Waals surface area contributed by atoms with Gasteiger partial charge in [0.1, 0.15) is 11.5 Å². The summed E-state index contributed by atoms with van der Waals surface area (Å²) in [6.45, 7) is 3.71. The van der Waals surface area contributed by atoms with Crippen LogP contribution in [0.1, 0.15) is 5.82 Å². The van der Waals surface area contributed by atoms with Crippen LogP contribution >= 0.6 is 23.2 Å². The average Bonchev–Trinajstić information content (AvgIpc) is 3.12. The Morgan fingerprint density at radius 3 is 2.39 bits per heavy atom. The van der Waals surface area contributed by atoms with Gasteiger partial charge in [-0.2, -0.15) is 14.6 Å². The lowest BCUT2D eigenvalue weighted by Crippen LogP contribution is -2.30. The van der Waals surface area contributed by atoms with Gasteiger partial charge >= 0.3 is 0 Å². The number of nitrogens with zero attached hydrogens (tertiary/aromatic N) is 5. The van der Waals surface area contributed by atoms with Crippen LogP contribution in [-0.4, -0.2) is 38.7 Å². The standard InChI is InChI=1S/C23H20Cl2N6/c1-12-27-22-19(13-6-8-14(24)9-7-13)21(15-4-2-3-5-18(15)25)29-31(22)23(28-12)30-10-16-17(11-30)20(16)26/h2-9,16-17,20H,10-11,26H2,1H3. The number of fused-ring (bicyclic) bond motifs is 2. The Kier molecular flexibility index (Phi) is 4.25. The Hall–Kier alpha value is -2.67. The fraction of sp³-hybridized carbons (Fsp3) is 0.261. The summed E-state index contributed by atoms with van der Waals surface area (Å²) in [5.74, 6) is 2.59. The first-order valence-corrected chi connectivity index (χ1v) is 11.1. The summed E-state index contributed by atoms with van der Waals surface area (Å²) < 4.78 is 1.85. The number of hydrogen-bond acceptors (Lipinski definition) is 5. The van der Waals surface area contributed by atoms with Gasteiger partial charge in [0.05, 0.1) is 10.6 Å². The number of nitrogens with two attached hydrogens (primary N) is 1. The van der Waals surface area contributed by atoms with Gasteiger partial charge in [-0.05, 0) is 42.5 Å². The van der Waals surface area contributed by atoms with Crippen molar-refractivity contribution in [1.82, 2.24) is 19.6 Å². The van der Waals surface area contributed by atoms with E-state index in [2.05, 4.69) is 4.90 Å². The third-order valence-corrected chi connectivity index (χ3v) is 6.97. The van der Waals surface area contributed by atoms with E-state index in [0.29, 0.717) is 33.7 Å². The minimum absolute atomic E-state index is 0.315. The van der Waals surface area contributed by atoms with Crippen LogP contribution in [0.25, 0.3) is 28.0 Å². The molecule has 1 aliphatic heterocycles. The van der Waals surface area contributed by atoms with Crippen LogP contribution in [0.5, 0.6) is 0 Å².